The van der Waals surface area contributed by atoms with Gasteiger partial charge in [-0.3, -0.25) is 0 Å². The molecular weight excluding hydrogens is 295 g/mol. The zero-order chi connectivity index (χ0) is 15.8. The second-order valence-corrected chi connectivity index (χ2v) is 5.74. The Labute approximate surface area is 133 Å². The molecule has 0 saturated carbocycles. The van der Waals surface area contributed by atoms with Crippen molar-refractivity contribution >= 4 is 11.5 Å². The Kier molecular flexibility index (Phi) is 3.46. The predicted molar refractivity (Wildman–Crippen MR) is 85.0 cm³/mol. The van der Waals surface area contributed by atoms with Crippen molar-refractivity contribution in [3.8, 4) is 0 Å². The highest BCUT2D eigenvalue weighted by Gasteiger charge is 2.23. The summed E-state index contributed by atoms with van der Waals surface area (Å²) in [5.41, 5.74) is 2.46. The fourth-order valence-corrected chi connectivity index (χ4v) is 2.90. The number of hydrogen-bond acceptors (Lipinski definition) is 4. The molecule has 0 aliphatic carbocycles. The van der Waals surface area contributed by atoms with Gasteiger partial charge in [-0.1, -0.05) is 12.1 Å². The van der Waals surface area contributed by atoms with Crippen LogP contribution in [-0.4, -0.2) is 34.3 Å². The zero-order valence-corrected chi connectivity index (χ0v) is 12.8. The van der Waals surface area contributed by atoms with Gasteiger partial charge in [-0.15, -0.1) is 5.10 Å². The van der Waals surface area contributed by atoms with Crippen molar-refractivity contribution in [3.05, 3.63) is 59.7 Å². The molecular formula is C17H17FN4O. The summed E-state index contributed by atoms with van der Waals surface area (Å²) in [6, 6.07) is 9.08. The third-order valence-corrected chi connectivity index (χ3v) is 4.19. The van der Waals surface area contributed by atoms with Crippen LogP contribution < -0.4 is 4.90 Å². The van der Waals surface area contributed by atoms with E-state index in [1.165, 1.54) is 6.07 Å². The summed E-state index contributed by atoms with van der Waals surface area (Å²) >= 11 is 0. The monoisotopic (exact) mass is 312 g/mol. The largest absolute Gasteiger partial charge is 0.370 e. The molecule has 118 valence electrons. The number of halogens is 1. The van der Waals surface area contributed by atoms with Gasteiger partial charge in [0.25, 0.3) is 0 Å². The van der Waals surface area contributed by atoms with Crippen LogP contribution in [0.25, 0.3) is 5.65 Å². The highest BCUT2D eigenvalue weighted by Crippen LogP contribution is 2.26. The van der Waals surface area contributed by atoms with Gasteiger partial charge in [0.1, 0.15) is 17.7 Å². The van der Waals surface area contributed by atoms with Gasteiger partial charge in [0.15, 0.2) is 5.65 Å². The third-order valence-electron chi connectivity index (χ3n) is 4.19. The third kappa shape index (κ3) is 2.66. The lowest BCUT2D eigenvalue weighted by Gasteiger charge is -2.34. The van der Waals surface area contributed by atoms with Crippen molar-refractivity contribution < 1.29 is 9.13 Å². The van der Waals surface area contributed by atoms with Crippen molar-refractivity contribution in [3.63, 3.8) is 0 Å². The molecule has 0 spiro atoms. The Bertz CT molecular complexity index is 847. The molecule has 6 heteroatoms. The average Bonchev–Trinajstić information content (AvgIpc) is 3.05. The molecule has 0 N–H and O–H groups in total. The van der Waals surface area contributed by atoms with Crippen molar-refractivity contribution in [2.75, 3.05) is 24.6 Å². The number of anilines is 1. The maximum Gasteiger partial charge on any atom is 0.153 e. The summed E-state index contributed by atoms with van der Waals surface area (Å²) in [5, 5.41) is 4.58. The number of morpholine rings is 1. The molecule has 1 aromatic carbocycles. The van der Waals surface area contributed by atoms with Crippen LogP contribution in [0.5, 0.6) is 0 Å². The highest BCUT2D eigenvalue weighted by molar-refractivity contribution is 5.46. The van der Waals surface area contributed by atoms with Gasteiger partial charge in [-0.25, -0.2) is 13.9 Å². The van der Waals surface area contributed by atoms with E-state index in [1.807, 2.05) is 24.4 Å². The first-order chi connectivity index (χ1) is 11.2. The molecule has 1 aliphatic heterocycles. The highest BCUT2D eigenvalue weighted by atomic mass is 19.1. The minimum atomic E-state index is -0.186. The number of aryl methyl sites for hydroxylation is 1. The first-order valence-corrected chi connectivity index (χ1v) is 7.64. The smallest absolute Gasteiger partial charge is 0.153 e. The van der Waals surface area contributed by atoms with Crippen LogP contribution in [0.15, 0.2) is 42.7 Å². The molecule has 4 rings (SSSR count). The van der Waals surface area contributed by atoms with E-state index in [0.29, 0.717) is 18.7 Å². The van der Waals surface area contributed by atoms with Crippen LogP contribution >= 0.6 is 0 Å². The molecule has 1 unspecified atom stereocenters. The van der Waals surface area contributed by atoms with E-state index in [9.17, 15) is 4.39 Å². The Balaban J connectivity index is 1.59. The first-order valence-electron chi connectivity index (χ1n) is 7.64. The van der Waals surface area contributed by atoms with Crippen molar-refractivity contribution in [2.24, 2.45) is 0 Å². The summed E-state index contributed by atoms with van der Waals surface area (Å²) in [5.74, 6) is 0.705. The maximum atomic E-state index is 13.5. The molecule has 1 fully saturated rings. The van der Waals surface area contributed by atoms with Crippen LogP contribution in [0.2, 0.25) is 0 Å². The average molecular weight is 312 g/mol. The summed E-state index contributed by atoms with van der Waals surface area (Å²) in [7, 11) is 0. The van der Waals surface area contributed by atoms with E-state index >= 15 is 0 Å². The molecule has 3 aromatic rings. The van der Waals surface area contributed by atoms with Crippen LogP contribution in [0, 0.1) is 12.7 Å². The summed E-state index contributed by atoms with van der Waals surface area (Å²) in [4.78, 5) is 6.39. The fourth-order valence-electron chi connectivity index (χ4n) is 2.90. The summed E-state index contributed by atoms with van der Waals surface area (Å²) in [6.07, 6.45) is 3.48. The second kappa shape index (κ2) is 5.62. The van der Waals surface area contributed by atoms with Crippen LogP contribution in [0.1, 0.15) is 17.2 Å². The van der Waals surface area contributed by atoms with Crippen LogP contribution in [-0.2, 0) is 4.74 Å². The topological polar surface area (TPSA) is 42.7 Å². The first kappa shape index (κ1) is 14.1. The van der Waals surface area contributed by atoms with Gasteiger partial charge < -0.3 is 9.64 Å². The van der Waals surface area contributed by atoms with E-state index in [2.05, 4.69) is 15.0 Å². The number of ether oxygens (including phenoxy) is 1. The summed E-state index contributed by atoms with van der Waals surface area (Å²) in [6.45, 7) is 3.86. The SMILES string of the molecule is Cc1cc(C2CN(c3ccc4nccn4n3)CCO2)ccc1F. The van der Waals surface area contributed by atoms with Crippen molar-refractivity contribution in [2.45, 2.75) is 13.0 Å². The van der Waals surface area contributed by atoms with Gasteiger partial charge >= 0.3 is 0 Å². The fraction of sp³-hybridized carbons (Fsp3) is 0.294. The molecule has 2 aromatic heterocycles. The van der Waals surface area contributed by atoms with E-state index in [1.54, 1.807) is 23.7 Å². The lowest BCUT2D eigenvalue weighted by Crippen LogP contribution is -2.39. The number of hydrogen-bond donors (Lipinski definition) is 0. The van der Waals surface area contributed by atoms with Crippen LogP contribution in [0.4, 0.5) is 10.2 Å². The van der Waals surface area contributed by atoms with Crippen molar-refractivity contribution in [1.29, 1.82) is 0 Å². The number of fused-ring (bicyclic) bond motifs is 1. The Morgan fingerprint density at radius 2 is 2.17 bits per heavy atom. The standard InChI is InChI=1S/C17H17FN4O/c1-12-10-13(2-3-14(12)18)15-11-21(8-9-23-15)17-5-4-16-19-6-7-22(16)20-17/h2-7,10,15H,8-9,11H2,1H3. The summed E-state index contributed by atoms with van der Waals surface area (Å²) < 4.78 is 21.1. The van der Waals surface area contributed by atoms with E-state index in [-0.39, 0.29) is 11.9 Å². The molecule has 23 heavy (non-hydrogen) atoms. The minimum Gasteiger partial charge on any atom is -0.370 e. The normalized spacial score (nSPS) is 18.5. The molecule has 3 heterocycles. The Morgan fingerprint density at radius 3 is 3.04 bits per heavy atom. The minimum absolute atomic E-state index is 0.0802. The van der Waals surface area contributed by atoms with Crippen molar-refractivity contribution in [1.82, 2.24) is 14.6 Å². The quantitative estimate of drug-likeness (QED) is 0.730. The number of benzene rings is 1. The van der Waals surface area contributed by atoms with E-state index in [4.69, 9.17) is 4.74 Å². The Hall–Kier alpha value is -2.47. The molecule has 0 bridgehead atoms. The van der Waals surface area contributed by atoms with Gasteiger partial charge in [-0.05, 0) is 36.2 Å². The number of rotatable bonds is 2. The molecule has 1 atom stereocenters. The molecule has 0 radical (unpaired) electrons. The van der Waals surface area contributed by atoms with E-state index < -0.39 is 0 Å². The number of imidazole rings is 1. The Morgan fingerprint density at radius 1 is 1.26 bits per heavy atom. The number of nitrogens with zero attached hydrogens (tertiary/aromatic N) is 4. The van der Waals surface area contributed by atoms with Gasteiger partial charge in [-0.2, -0.15) is 0 Å². The maximum absolute atomic E-state index is 13.5. The predicted octanol–water partition coefficient (Wildman–Crippen LogP) is 2.75. The lowest BCUT2D eigenvalue weighted by molar-refractivity contribution is 0.0394. The molecule has 1 aliphatic rings. The van der Waals surface area contributed by atoms with Gasteiger partial charge in [0, 0.05) is 25.5 Å². The molecule has 5 nitrogen and oxygen atoms in total. The lowest BCUT2D eigenvalue weighted by atomic mass is 10.0. The van der Waals surface area contributed by atoms with Gasteiger partial charge in [0.2, 0.25) is 0 Å². The number of aromatic nitrogens is 3. The van der Waals surface area contributed by atoms with E-state index in [0.717, 1.165) is 23.6 Å². The zero-order valence-electron chi connectivity index (χ0n) is 12.8. The molecule has 1 saturated heterocycles. The molecule has 0 amide bonds. The van der Waals surface area contributed by atoms with Crippen LogP contribution in [0.3, 0.4) is 0 Å². The van der Waals surface area contributed by atoms with Gasteiger partial charge in [0.05, 0.1) is 6.61 Å². The second-order valence-electron chi connectivity index (χ2n) is 5.74.